The molecular formula is C15H12N2O. The van der Waals surface area contributed by atoms with Gasteiger partial charge in [-0.25, -0.2) is 4.99 Å². The van der Waals surface area contributed by atoms with Gasteiger partial charge >= 0.3 is 0 Å². The van der Waals surface area contributed by atoms with Gasteiger partial charge in [-0.2, -0.15) is 0 Å². The van der Waals surface area contributed by atoms with Gasteiger partial charge in [0, 0.05) is 24.4 Å². The summed E-state index contributed by atoms with van der Waals surface area (Å²) in [4.78, 5) is 20.2. The molecule has 2 aromatic rings. The Morgan fingerprint density at radius 1 is 1.11 bits per heavy atom. The van der Waals surface area contributed by atoms with E-state index in [1.54, 1.807) is 12.4 Å². The molecule has 1 aliphatic heterocycles. The van der Waals surface area contributed by atoms with Gasteiger partial charge in [-0.15, -0.1) is 0 Å². The van der Waals surface area contributed by atoms with E-state index < -0.39 is 0 Å². The van der Waals surface area contributed by atoms with Crippen LogP contribution in [-0.2, 0) is 6.42 Å². The second-order valence-corrected chi connectivity index (χ2v) is 4.38. The molecule has 0 saturated heterocycles. The number of carbonyl (C=O) groups excluding carboxylic acids is 1. The maximum absolute atomic E-state index is 12.0. The number of nitrogens with zero attached hydrogens (tertiary/aromatic N) is 2. The monoisotopic (exact) mass is 236 g/mol. The number of hydrogen-bond donors (Lipinski definition) is 0. The zero-order valence-electron chi connectivity index (χ0n) is 10.1. The molecule has 1 amide bonds. The maximum Gasteiger partial charge on any atom is 0.277 e. The number of fused-ring (bicyclic) bond motifs is 1. The summed E-state index contributed by atoms with van der Waals surface area (Å²) in [5.74, 6) is -0.147. The SMILES string of the molecule is Cc1cccc2c1CC(c1ccncc1)=NC2=O. The molecule has 0 unspecified atom stereocenters. The zero-order valence-corrected chi connectivity index (χ0v) is 10.1. The first kappa shape index (κ1) is 10.8. The summed E-state index contributed by atoms with van der Waals surface area (Å²) in [5, 5.41) is 0. The normalized spacial score (nSPS) is 14.1. The molecule has 0 bridgehead atoms. The van der Waals surface area contributed by atoms with Gasteiger partial charge in [0.2, 0.25) is 0 Å². The lowest BCUT2D eigenvalue weighted by Crippen LogP contribution is -2.18. The fourth-order valence-corrected chi connectivity index (χ4v) is 2.24. The van der Waals surface area contributed by atoms with Crippen LogP contribution in [0.15, 0.2) is 47.7 Å². The lowest BCUT2D eigenvalue weighted by Gasteiger charge is -2.17. The highest BCUT2D eigenvalue weighted by molar-refractivity contribution is 6.15. The Labute approximate surface area is 105 Å². The molecule has 1 aromatic carbocycles. The Bertz CT molecular complexity index is 645. The number of pyridine rings is 1. The van der Waals surface area contributed by atoms with E-state index in [9.17, 15) is 4.79 Å². The summed E-state index contributed by atoms with van der Waals surface area (Å²) < 4.78 is 0. The van der Waals surface area contributed by atoms with E-state index in [0.29, 0.717) is 6.42 Å². The minimum Gasteiger partial charge on any atom is -0.267 e. The van der Waals surface area contributed by atoms with Crippen LogP contribution in [0.2, 0.25) is 0 Å². The maximum atomic E-state index is 12.0. The molecule has 3 heteroatoms. The highest BCUT2D eigenvalue weighted by atomic mass is 16.1. The van der Waals surface area contributed by atoms with Gasteiger partial charge in [-0.05, 0) is 41.8 Å². The highest BCUT2D eigenvalue weighted by Crippen LogP contribution is 2.22. The third kappa shape index (κ3) is 1.74. The second-order valence-electron chi connectivity index (χ2n) is 4.38. The first-order chi connectivity index (χ1) is 8.75. The van der Waals surface area contributed by atoms with Crippen LogP contribution in [-0.4, -0.2) is 16.6 Å². The average molecular weight is 236 g/mol. The second kappa shape index (κ2) is 4.18. The first-order valence-corrected chi connectivity index (χ1v) is 5.86. The lowest BCUT2D eigenvalue weighted by molar-refractivity contribution is 0.1000. The number of carbonyl (C=O) groups is 1. The molecule has 0 atom stereocenters. The minimum absolute atomic E-state index is 0.147. The van der Waals surface area contributed by atoms with E-state index in [0.717, 1.165) is 28.0 Å². The summed E-state index contributed by atoms with van der Waals surface area (Å²) in [6.45, 7) is 2.03. The molecule has 18 heavy (non-hydrogen) atoms. The van der Waals surface area contributed by atoms with Crippen LogP contribution >= 0.6 is 0 Å². The Balaban J connectivity index is 2.09. The Morgan fingerprint density at radius 2 is 1.89 bits per heavy atom. The van der Waals surface area contributed by atoms with Gasteiger partial charge in [-0.3, -0.25) is 9.78 Å². The van der Waals surface area contributed by atoms with Crippen LogP contribution in [0.4, 0.5) is 0 Å². The number of benzene rings is 1. The molecule has 0 spiro atoms. The predicted molar refractivity (Wildman–Crippen MR) is 70.0 cm³/mol. The van der Waals surface area contributed by atoms with Gasteiger partial charge in [-0.1, -0.05) is 12.1 Å². The summed E-state index contributed by atoms with van der Waals surface area (Å²) in [6.07, 6.45) is 4.14. The fourth-order valence-electron chi connectivity index (χ4n) is 2.24. The summed E-state index contributed by atoms with van der Waals surface area (Å²) in [6, 6.07) is 9.54. The van der Waals surface area contributed by atoms with Crippen molar-refractivity contribution in [3.63, 3.8) is 0 Å². The quantitative estimate of drug-likeness (QED) is 0.763. The largest absolute Gasteiger partial charge is 0.277 e. The lowest BCUT2D eigenvalue weighted by atomic mass is 9.92. The van der Waals surface area contributed by atoms with Crippen molar-refractivity contribution in [3.8, 4) is 0 Å². The summed E-state index contributed by atoms with van der Waals surface area (Å²) in [5.41, 5.74) is 4.75. The van der Waals surface area contributed by atoms with Crippen molar-refractivity contribution in [2.45, 2.75) is 13.3 Å². The van der Waals surface area contributed by atoms with Gasteiger partial charge in [0.15, 0.2) is 0 Å². The van der Waals surface area contributed by atoms with E-state index in [1.165, 1.54) is 0 Å². The summed E-state index contributed by atoms with van der Waals surface area (Å²) >= 11 is 0. The fraction of sp³-hybridized carbons (Fsp3) is 0.133. The van der Waals surface area contributed by atoms with Crippen LogP contribution in [0, 0.1) is 6.92 Å². The number of aryl methyl sites for hydroxylation is 1. The molecule has 1 aromatic heterocycles. The predicted octanol–water partition coefficient (Wildman–Crippen LogP) is 2.58. The van der Waals surface area contributed by atoms with Crippen molar-refractivity contribution in [2.24, 2.45) is 4.99 Å². The van der Waals surface area contributed by atoms with Gasteiger partial charge < -0.3 is 0 Å². The van der Waals surface area contributed by atoms with E-state index in [2.05, 4.69) is 9.98 Å². The van der Waals surface area contributed by atoms with E-state index in [-0.39, 0.29) is 5.91 Å². The standard InChI is InChI=1S/C15H12N2O/c1-10-3-2-4-12-13(10)9-14(17-15(12)18)11-5-7-16-8-6-11/h2-8H,9H2,1H3. The third-order valence-electron chi connectivity index (χ3n) is 3.23. The van der Waals surface area contributed by atoms with Crippen molar-refractivity contribution in [1.82, 2.24) is 4.98 Å². The molecule has 1 aliphatic rings. The van der Waals surface area contributed by atoms with E-state index in [1.807, 2.05) is 37.3 Å². The van der Waals surface area contributed by atoms with E-state index >= 15 is 0 Å². The molecule has 88 valence electrons. The van der Waals surface area contributed by atoms with Crippen LogP contribution < -0.4 is 0 Å². The number of amides is 1. The molecule has 0 radical (unpaired) electrons. The molecule has 2 heterocycles. The van der Waals surface area contributed by atoms with E-state index in [4.69, 9.17) is 0 Å². The van der Waals surface area contributed by atoms with Crippen LogP contribution in [0.25, 0.3) is 0 Å². The van der Waals surface area contributed by atoms with Crippen molar-refractivity contribution in [2.75, 3.05) is 0 Å². The Hall–Kier alpha value is -2.29. The number of hydrogen-bond acceptors (Lipinski definition) is 2. The molecule has 3 rings (SSSR count). The third-order valence-corrected chi connectivity index (χ3v) is 3.23. The van der Waals surface area contributed by atoms with Gasteiger partial charge in [0.1, 0.15) is 0 Å². The molecule has 0 fully saturated rings. The first-order valence-electron chi connectivity index (χ1n) is 5.86. The smallest absolute Gasteiger partial charge is 0.267 e. The molecular weight excluding hydrogens is 224 g/mol. The van der Waals surface area contributed by atoms with Crippen LogP contribution in [0.5, 0.6) is 0 Å². The van der Waals surface area contributed by atoms with Crippen molar-refractivity contribution in [1.29, 1.82) is 0 Å². The highest BCUT2D eigenvalue weighted by Gasteiger charge is 2.21. The van der Waals surface area contributed by atoms with Crippen molar-refractivity contribution < 1.29 is 4.79 Å². The average Bonchev–Trinajstić information content (AvgIpc) is 2.41. The van der Waals surface area contributed by atoms with Crippen molar-refractivity contribution >= 4 is 11.6 Å². The number of rotatable bonds is 1. The molecule has 0 saturated carbocycles. The zero-order chi connectivity index (χ0) is 12.5. The summed E-state index contributed by atoms with van der Waals surface area (Å²) in [7, 11) is 0. The Morgan fingerprint density at radius 3 is 2.67 bits per heavy atom. The number of aliphatic imine (C=N–C) groups is 1. The van der Waals surface area contributed by atoms with Gasteiger partial charge in [0.25, 0.3) is 5.91 Å². The molecule has 3 nitrogen and oxygen atoms in total. The minimum atomic E-state index is -0.147. The van der Waals surface area contributed by atoms with Crippen LogP contribution in [0.1, 0.15) is 27.0 Å². The topological polar surface area (TPSA) is 42.3 Å². The van der Waals surface area contributed by atoms with Crippen LogP contribution in [0.3, 0.4) is 0 Å². The molecule has 0 N–H and O–H groups in total. The van der Waals surface area contributed by atoms with Crippen molar-refractivity contribution in [3.05, 3.63) is 65.0 Å². The number of aromatic nitrogens is 1. The molecule has 0 aliphatic carbocycles. The Kier molecular flexibility index (Phi) is 2.52. The van der Waals surface area contributed by atoms with Gasteiger partial charge in [0.05, 0.1) is 5.71 Å².